The van der Waals surface area contributed by atoms with Crippen LogP contribution in [0, 0.1) is 13.8 Å². The first kappa shape index (κ1) is 17.1. The number of nitrogens with one attached hydrogen (secondary N) is 1. The van der Waals surface area contributed by atoms with Crippen molar-refractivity contribution in [3.63, 3.8) is 0 Å². The van der Waals surface area contributed by atoms with Crippen molar-refractivity contribution in [3.05, 3.63) is 59.2 Å². The van der Waals surface area contributed by atoms with Gasteiger partial charge >= 0.3 is 0 Å². The van der Waals surface area contributed by atoms with Gasteiger partial charge in [0.2, 0.25) is 5.91 Å². The summed E-state index contributed by atoms with van der Waals surface area (Å²) in [6, 6.07) is 13.8. The maximum absolute atomic E-state index is 12.1. The van der Waals surface area contributed by atoms with Gasteiger partial charge in [0.05, 0.1) is 6.10 Å². The molecular formula is C20H25NO2. The standard InChI is InChI=1S/C20H25NO2/c1-14(2)23-19-10-8-18(9-11-19)21-20(22)12-7-17-6-5-15(3)16(4)13-17/h5-6,8-11,13-14H,7,12H2,1-4H3,(H,21,22). The summed E-state index contributed by atoms with van der Waals surface area (Å²) in [4.78, 5) is 12.1. The molecule has 0 atom stereocenters. The van der Waals surface area contributed by atoms with Crippen LogP contribution >= 0.6 is 0 Å². The molecule has 3 nitrogen and oxygen atoms in total. The number of carbonyl (C=O) groups excluding carboxylic acids is 1. The highest BCUT2D eigenvalue weighted by atomic mass is 16.5. The second-order valence-corrected chi connectivity index (χ2v) is 6.16. The molecule has 1 N–H and O–H groups in total. The summed E-state index contributed by atoms with van der Waals surface area (Å²) in [7, 11) is 0. The summed E-state index contributed by atoms with van der Waals surface area (Å²) in [5.41, 5.74) is 4.54. The van der Waals surface area contributed by atoms with E-state index in [9.17, 15) is 4.79 Å². The van der Waals surface area contributed by atoms with E-state index in [0.29, 0.717) is 6.42 Å². The lowest BCUT2D eigenvalue weighted by molar-refractivity contribution is -0.116. The van der Waals surface area contributed by atoms with Gasteiger partial charge in [-0.05, 0) is 75.1 Å². The average Bonchev–Trinajstić information content (AvgIpc) is 2.50. The largest absolute Gasteiger partial charge is 0.491 e. The predicted octanol–water partition coefficient (Wildman–Crippen LogP) is 4.66. The Morgan fingerprint density at radius 1 is 1.04 bits per heavy atom. The molecule has 2 rings (SSSR count). The molecule has 2 aromatic carbocycles. The highest BCUT2D eigenvalue weighted by Crippen LogP contribution is 2.17. The lowest BCUT2D eigenvalue weighted by Crippen LogP contribution is -2.12. The van der Waals surface area contributed by atoms with Gasteiger partial charge in [0, 0.05) is 12.1 Å². The second-order valence-electron chi connectivity index (χ2n) is 6.16. The highest BCUT2D eigenvalue weighted by molar-refractivity contribution is 5.90. The number of benzene rings is 2. The Morgan fingerprint density at radius 2 is 1.74 bits per heavy atom. The molecule has 0 aliphatic rings. The number of aryl methyl sites for hydroxylation is 3. The first-order chi connectivity index (χ1) is 10.9. The zero-order valence-corrected chi connectivity index (χ0v) is 14.3. The van der Waals surface area contributed by atoms with E-state index in [2.05, 4.69) is 37.4 Å². The SMILES string of the molecule is Cc1ccc(CCC(=O)Nc2ccc(OC(C)C)cc2)cc1C. The van der Waals surface area contributed by atoms with Crippen LogP contribution in [-0.2, 0) is 11.2 Å². The lowest BCUT2D eigenvalue weighted by Gasteiger charge is -2.11. The zero-order chi connectivity index (χ0) is 16.8. The zero-order valence-electron chi connectivity index (χ0n) is 14.3. The minimum absolute atomic E-state index is 0.0285. The van der Waals surface area contributed by atoms with Crippen molar-refractivity contribution in [2.24, 2.45) is 0 Å². The minimum Gasteiger partial charge on any atom is -0.491 e. The first-order valence-electron chi connectivity index (χ1n) is 8.07. The Morgan fingerprint density at radius 3 is 2.35 bits per heavy atom. The van der Waals surface area contributed by atoms with E-state index >= 15 is 0 Å². The van der Waals surface area contributed by atoms with Crippen molar-refractivity contribution in [2.45, 2.75) is 46.6 Å². The van der Waals surface area contributed by atoms with Crippen LogP contribution in [0.3, 0.4) is 0 Å². The number of ether oxygens (including phenoxy) is 1. The molecule has 0 saturated heterocycles. The third kappa shape index (κ3) is 5.44. The molecule has 0 aromatic heterocycles. The molecule has 0 saturated carbocycles. The lowest BCUT2D eigenvalue weighted by atomic mass is 10.0. The molecule has 0 bridgehead atoms. The van der Waals surface area contributed by atoms with E-state index in [1.165, 1.54) is 16.7 Å². The maximum atomic E-state index is 12.1. The van der Waals surface area contributed by atoms with Gasteiger partial charge < -0.3 is 10.1 Å². The molecular weight excluding hydrogens is 286 g/mol. The molecule has 0 spiro atoms. The number of amides is 1. The van der Waals surface area contributed by atoms with Gasteiger partial charge in [0.25, 0.3) is 0 Å². The van der Waals surface area contributed by atoms with E-state index in [-0.39, 0.29) is 12.0 Å². The van der Waals surface area contributed by atoms with Crippen molar-refractivity contribution in [1.29, 1.82) is 0 Å². The maximum Gasteiger partial charge on any atom is 0.224 e. The molecule has 2 aromatic rings. The van der Waals surface area contributed by atoms with Crippen molar-refractivity contribution in [3.8, 4) is 5.75 Å². The van der Waals surface area contributed by atoms with E-state index in [1.54, 1.807) is 0 Å². The summed E-state index contributed by atoms with van der Waals surface area (Å²) in [5, 5.41) is 2.92. The third-order valence-electron chi connectivity index (χ3n) is 3.72. The molecule has 1 amide bonds. The smallest absolute Gasteiger partial charge is 0.224 e. The molecule has 0 aliphatic heterocycles. The number of anilines is 1. The molecule has 0 fully saturated rings. The summed E-state index contributed by atoms with van der Waals surface area (Å²) in [6.07, 6.45) is 1.38. The van der Waals surface area contributed by atoms with Gasteiger partial charge in [-0.15, -0.1) is 0 Å². The number of carbonyl (C=O) groups is 1. The van der Waals surface area contributed by atoms with Crippen LogP contribution in [0.5, 0.6) is 5.75 Å². The van der Waals surface area contributed by atoms with Gasteiger partial charge in [-0.2, -0.15) is 0 Å². The number of rotatable bonds is 6. The van der Waals surface area contributed by atoms with Crippen LogP contribution in [0.4, 0.5) is 5.69 Å². The predicted molar refractivity (Wildman–Crippen MR) is 95.1 cm³/mol. The summed E-state index contributed by atoms with van der Waals surface area (Å²) >= 11 is 0. The van der Waals surface area contributed by atoms with Crippen LogP contribution < -0.4 is 10.1 Å². The van der Waals surface area contributed by atoms with E-state index in [1.807, 2.05) is 38.1 Å². The minimum atomic E-state index is 0.0285. The van der Waals surface area contributed by atoms with Crippen molar-refractivity contribution >= 4 is 11.6 Å². The van der Waals surface area contributed by atoms with E-state index < -0.39 is 0 Å². The molecule has 0 radical (unpaired) electrons. The third-order valence-corrected chi connectivity index (χ3v) is 3.72. The molecule has 3 heteroatoms. The summed E-state index contributed by atoms with van der Waals surface area (Å²) in [5.74, 6) is 0.842. The Bertz CT molecular complexity index is 660. The fourth-order valence-corrected chi connectivity index (χ4v) is 2.33. The Labute approximate surface area is 138 Å². The van der Waals surface area contributed by atoms with Crippen LogP contribution in [0.25, 0.3) is 0 Å². The van der Waals surface area contributed by atoms with Gasteiger partial charge in [0.15, 0.2) is 0 Å². The average molecular weight is 311 g/mol. The van der Waals surface area contributed by atoms with Crippen molar-refractivity contribution in [1.82, 2.24) is 0 Å². The molecule has 0 heterocycles. The second kappa shape index (κ2) is 7.82. The monoisotopic (exact) mass is 311 g/mol. The van der Waals surface area contributed by atoms with E-state index in [0.717, 1.165) is 17.9 Å². The first-order valence-corrected chi connectivity index (χ1v) is 8.07. The van der Waals surface area contributed by atoms with Crippen molar-refractivity contribution < 1.29 is 9.53 Å². The Hall–Kier alpha value is -2.29. The fraction of sp³-hybridized carbons (Fsp3) is 0.350. The summed E-state index contributed by atoms with van der Waals surface area (Å²) in [6.45, 7) is 8.17. The normalized spacial score (nSPS) is 10.7. The quantitative estimate of drug-likeness (QED) is 0.842. The summed E-state index contributed by atoms with van der Waals surface area (Å²) < 4.78 is 5.59. The molecule has 122 valence electrons. The van der Waals surface area contributed by atoms with Crippen LogP contribution in [0.15, 0.2) is 42.5 Å². The van der Waals surface area contributed by atoms with Gasteiger partial charge in [-0.25, -0.2) is 0 Å². The highest BCUT2D eigenvalue weighted by Gasteiger charge is 2.05. The molecule has 0 unspecified atom stereocenters. The van der Waals surface area contributed by atoms with Crippen molar-refractivity contribution in [2.75, 3.05) is 5.32 Å². The Kier molecular flexibility index (Phi) is 5.80. The van der Waals surface area contributed by atoms with Gasteiger partial charge in [-0.1, -0.05) is 18.2 Å². The van der Waals surface area contributed by atoms with Crippen LogP contribution in [-0.4, -0.2) is 12.0 Å². The topological polar surface area (TPSA) is 38.3 Å². The van der Waals surface area contributed by atoms with E-state index in [4.69, 9.17) is 4.74 Å². The number of hydrogen-bond donors (Lipinski definition) is 1. The van der Waals surface area contributed by atoms with Crippen LogP contribution in [0.2, 0.25) is 0 Å². The fourth-order valence-electron chi connectivity index (χ4n) is 2.33. The number of hydrogen-bond acceptors (Lipinski definition) is 2. The van der Waals surface area contributed by atoms with Gasteiger partial charge in [-0.3, -0.25) is 4.79 Å². The molecule has 23 heavy (non-hydrogen) atoms. The van der Waals surface area contributed by atoms with Crippen LogP contribution in [0.1, 0.15) is 37.0 Å². The molecule has 0 aliphatic carbocycles. The van der Waals surface area contributed by atoms with Gasteiger partial charge in [0.1, 0.15) is 5.75 Å². The Balaban J connectivity index is 1.85.